The lowest BCUT2D eigenvalue weighted by Crippen LogP contribution is -2.55. The van der Waals surface area contributed by atoms with Crippen molar-refractivity contribution in [1.82, 2.24) is 10.2 Å². The molecule has 0 aliphatic rings. The van der Waals surface area contributed by atoms with Gasteiger partial charge in [-0.2, -0.15) is 0 Å². The van der Waals surface area contributed by atoms with Crippen molar-refractivity contribution in [2.24, 2.45) is 0 Å². The van der Waals surface area contributed by atoms with Gasteiger partial charge in [-0.25, -0.2) is 8.42 Å². The van der Waals surface area contributed by atoms with Crippen LogP contribution in [-0.2, 0) is 26.2 Å². The Kier molecular flexibility index (Phi) is 10.5. The summed E-state index contributed by atoms with van der Waals surface area (Å²) < 4.78 is 29.0. The van der Waals surface area contributed by atoms with E-state index >= 15 is 0 Å². The summed E-state index contributed by atoms with van der Waals surface area (Å²) in [4.78, 5) is 29.0. The van der Waals surface area contributed by atoms with Crippen LogP contribution in [0.2, 0.25) is 10.0 Å². The van der Waals surface area contributed by atoms with Gasteiger partial charge in [-0.3, -0.25) is 13.9 Å². The van der Waals surface area contributed by atoms with E-state index in [0.717, 1.165) is 15.4 Å². The average Bonchev–Trinajstić information content (AvgIpc) is 2.88. The highest BCUT2D eigenvalue weighted by atomic mass is 35.5. The zero-order valence-electron chi connectivity index (χ0n) is 24.2. The van der Waals surface area contributed by atoms with E-state index in [1.54, 1.807) is 61.5 Å². The first-order valence-electron chi connectivity index (χ1n) is 13.3. The lowest BCUT2D eigenvalue weighted by Gasteiger charge is -2.35. The third-order valence-corrected chi connectivity index (χ3v) is 8.82. The Balaban J connectivity index is 2.09. The maximum Gasteiger partial charge on any atom is 0.264 e. The maximum atomic E-state index is 14.1. The minimum absolute atomic E-state index is 0.0166. The quantitative estimate of drug-likeness (QED) is 0.280. The first-order valence-corrected chi connectivity index (χ1v) is 15.5. The van der Waals surface area contributed by atoms with Gasteiger partial charge in [0.05, 0.1) is 10.6 Å². The molecule has 0 spiro atoms. The van der Waals surface area contributed by atoms with Crippen molar-refractivity contribution < 1.29 is 18.0 Å². The molecule has 220 valence electrons. The molecule has 0 aliphatic carbocycles. The van der Waals surface area contributed by atoms with Crippen molar-refractivity contribution in [3.05, 3.63) is 93.5 Å². The summed E-state index contributed by atoms with van der Waals surface area (Å²) in [6.45, 7) is 10.6. The van der Waals surface area contributed by atoms with Crippen LogP contribution >= 0.6 is 23.2 Å². The highest BCUT2D eigenvalue weighted by Crippen LogP contribution is 2.27. The molecule has 1 atom stereocenters. The molecule has 0 heterocycles. The number of halogens is 2. The van der Waals surface area contributed by atoms with Crippen LogP contribution in [0.4, 0.5) is 5.69 Å². The number of amides is 2. The molecule has 10 heteroatoms. The molecule has 0 aliphatic heterocycles. The molecule has 0 aromatic heterocycles. The molecule has 41 heavy (non-hydrogen) atoms. The summed E-state index contributed by atoms with van der Waals surface area (Å²) in [7, 11) is -4.14. The van der Waals surface area contributed by atoms with Crippen LogP contribution in [0, 0.1) is 13.8 Å². The van der Waals surface area contributed by atoms with Crippen LogP contribution in [-0.4, -0.2) is 43.3 Å². The molecule has 1 N–H and O–H groups in total. The summed E-state index contributed by atoms with van der Waals surface area (Å²) in [6.07, 6.45) is 0.300. The molecule has 2 amide bonds. The fourth-order valence-electron chi connectivity index (χ4n) is 4.28. The molecule has 0 unspecified atom stereocenters. The Morgan fingerprint density at radius 2 is 1.46 bits per heavy atom. The fourth-order valence-corrected chi connectivity index (χ4v) is 6.17. The second-order valence-corrected chi connectivity index (χ2v) is 13.8. The monoisotopic (exact) mass is 617 g/mol. The van der Waals surface area contributed by atoms with Crippen LogP contribution in [0.1, 0.15) is 50.8 Å². The number of carbonyl (C=O) groups excluding carboxylic acids is 2. The molecule has 0 saturated heterocycles. The normalized spacial score (nSPS) is 12.5. The molecule has 7 nitrogen and oxygen atoms in total. The summed E-state index contributed by atoms with van der Waals surface area (Å²) in [5.74, 6) is -0.898. The van der Waals surface area contributed by atoms with Gasteiger partial charge in [0.2, 0.25) is 11.8 Å². The first kappa shape index (κ1) is 32.4. The number of nitrogens with one attached hydrogen (secondary N) is 1. The second-order valence-electron chi connectivity index (χ2n) is 11.1. The van der Waals surface area contributed by atoms with Gasteiger partial charge in [0.25, 0.3) is 10.0 Å². The Bertz CT molecular complexity index is 1490. The van der Waals surface area contributed by atoms with Crippen LogP contribution in [0.25, 0.3) is 0 Å². The first-order chi connectivity index (χ1) is 19.1. The van der Waals surface area contributed by atoms with Crippen molar-refractivity contribution in [1.29, 1.82) is 0 Å². The van der Waals surface area contributed by atoms with Gasteiger partial charge in [0.1, 0.15) is 12.6 Å². The number of benzene rings is 3. The van der Waals surface area contributed by atoms with Gasteiger partial charge in [0.15, 0.2) is 0 Å². The lowest BCUT2D eigenvalue weighted by molar-refractivity contribution is -0.141. The molecule has 0 radical (unpaired) electrons. The Morgan fingerprint density at radius 3 is 1.98 bits per heavy atom. The van der Waals surface area contributed by atoms with Crippen LogP contribution in [0.15, 0.2) is 71.6 Å². The minimum atomic E-state index is -4.14. The lowest BCUT2D eigenvalue weighted by atomic mass is 10.1. The number of carbonyl (C=O) groups is 2. The summed E-state index contributed by atoms with van der Waals surface area (Å²) >= 11 is 12.6. The number of aryl methyl sites for hydroxylation is 2. The molecule has 0 fully saturated rings. The summed E-state index contributed by atoms with van der Waals surface area (Å²) in [6, 6.07) is 17.4. The summed E-state index contributed by atoms with van der Waals surface area (Å²) in [5, 5.41) is 3.72. The Labute approximate surface area is 253 Å². The number of nitrogens with zero attached hydrogens (tertiary/aromatic N) is 2. The topological polar surface area (TPSA) is 86.8 Å². The van der Waals surface area contributed by atoms with E-state index in [1.807, 2.05) is 34.6 Å². The standard InChI is InChI=1S/C31H37Cl2N3O4S/c1-7-28(30(38)34-31(4,5)6)35(19-23-12-13-24(32)18-27(23)33)29(37)20-36(25-14-8-21(2)9-15-25)41(39,40)26-16-10-22(3)11-17-26/h8-18,28H,7,19-20H2,1-6H3,(H,34,38)/t28-/m0/s1. The van der Waals surface area contributed by atoms with Crippen molar-refractivity contribution in [2.75, 3.05) is 10.8 Å². The average molecular weight is 619 g/mol. The Hall–Kier alpha value is -3.07. The van der Waals surface area contributed by atoms with Crippen molar-refractivity contribution >= 4 is 50.7 Å². The zero-order valence-corrected chi connectivity index (χ0v) is 26.6. The molecular formula is C31H37Cl2N3O4S. The number of rotatable bonds is 10. The zero-order chi connectivity index (χ0) is 30.5. The van der Waals surface area contributed by atoms with E-state index in [2.05, 4.69) is 5.32 Å². The van der Waals surface area contributed by atoms with Gasteiger partial charge in [-0.05, 0) is 83.0 Å². The highest BCUT2D eigenvalue weighted by Gasteiger charge is 2.34. The van der Waals surface area contributed by atoms with Gasteiger partial charge in [-0.15, -0.1) is 0 Å². The predicted molar refractivity (Wildman–Crippen MR) is 166 cm³/mol. The van der Waals surface area contributed by atoms with E-state index < -0.39 is 34.1 Å². The predicted octanol–water partition coefficient (Wildman–Crippen LogP) is 6.53. The highest BCUT2D eigenvalue weighted by molar-refractivity contribution is 7.92. The van der Waals surface area contributed by atoms with Gasteiger partial charge in [-0.1, -0.05) is 71.6 Å². The van der Waals surface area contributed by atoms with Crippen LogP contribution < -0.4 is 9.62 Å². The molecule has 3 rings (SSSR count). The molecule has 3 aromatic rings. The smallest absolute Gasteiger partial charge is 0.264 e. The van der Waals surface area contributed by atoms with Crippen molar-refractivity contribution in [2.45, 2.75) is 71.0 Å². The van der Waals surface area contributed by atoms with Crippen molar-refractivity contribution in [3.63, 3.8) is 0 Å². The fraction of sp³-hybridized carbons (Fsp3) is 0.355. The largest absolute Gasteiger partial charge is 0.350 e. The maximum absolute atomic E-state index is 14.1. The number of hydrogen-bond acceptors (Lipinski definition) is 4. The third-order valence-electron chi connectivity index (χ3n) is 6.45. The van der Waals surface area contributed by atoms with E-state index in [9.17, 15) is 18.0 Å². The van der Waals surface area contributed by atoms with Crippen LogP contribution in [0.3, 0.4) is 0 Å². The molecule has 0 bridgehead atoms. The van der Waals surface area contributed by atoms with Gasteiger partial charge >= 0.3 is 0 Å². The molecule has 0 saturated carbocycles. The third kappa shape index (κ3) is 8.47. The number of anilines is 1. The summed E-state index contributed by atoms with van der Waals surface area (Å²) in [5.41, 5.74) is 2.22. The van der Waals surface area contributed by atoms with E-state index in [4.69, 9.17) is 23.2 Å². The van der Waals surface area contributed by atoms with Crippen LogP contribution in [0.5, 0.6) is 0 Å². The molecule has 3 aromatic carbocycles. The second kappa shape index (κ2) is 13.3. The molecular weight excluding hydrogens is 581 g/mol. The Morgan fingerprint density at radius 1 is 0.902 bits per heavy atom. The number of sulfonamides is 1. The van der Waals surface area contributed by atoms with E-state index in [0.29, 0.717) is 27.7 Å². The van der Waals surface area contributed by atoms with Crippen molar-refractivity contribution in [3.8, 4) is 0 Å². The SMILES string of the molecule is CC[C@@H](C(=O)NC(C)(C)C)N(Cc1ccc(Cl)cc1Cl)C(=O)CN(c1ccc(C)cc1)S(=O)(=O)c1ccc(C)cc1. The van der Waals surface area contributed by atoms with E-state index in [-0.39, 0.29) is 17.3 Å². The minimum Gasteiger partial charge on any atom is -0.350 e. The van der Waals surface area contributed by atoms with Gasteiger partial charge < -0.3 is 10.2 Å². The number of hydrogen-bond donors (Lipinski definition) is 1. The van der Waals surface area contributed by atoms with Gasteiger partial charge in [0, 0.05) is 22.1 Å². The van der Waals surface area contributed by atoms with E-state index in [1.165, 1.54) is 17.0 Å².